The number of carbonyl (C=O) groups excluding carboxylic acids is 2. The molecular formula is C27H26N2O4. The summed E-state index contributed by atoms with van der Waals surface area (Å²) in [5.74, 6) is 0.347. The normalized spacial score (nSPS) is 13.5. The highest BCUT2D eigenvalue weighted by atomic mass is 16.5. The second-order valence-electron chi connectivity index (χ2n) is 7.77. The number of hydrogen-bond donors (Lipinski definition) is 1. The Morgan fingerprint density at radius 2 is 1.64 bits per heavy atom. The zero-order valence-corrected chi connectivity index (χ0v) is 19.1. The van der Waals surface area contributed by atoms with E-state index in [9.17, 15) is 9.59 Å². The third-order valence-corrected chi connectivity index (χ3v) is 5.51. The van der Waals surface area contributed by atoms with Crippen molar-refractivity contribution >= 4 is 28.8 Å². The number of nitrogens with one attached hydrogen (secondary N) is 1. The molecular weight excluding hydrogens is 416 g/mol. The number of carbonyl (C=O) groups is 2. The van der Waals surface area contributed by atoms with Crippen molar-refractivity contribution in [3.63, 3.8) is 0 Å². The average Bonchev–Trinajstić information content (AvgIpc) is 3.05. The fourth-order valence-corrected chi connectivity index (χ4v) is 3.93. The zero-order valence-electron chi connectivity index (χ0n) is 19.1. The lowest BCUT2D eigenvalue weighted by Crippen LogP contribution is -2.32. The lowest BCUT2D eigenvalue weighted by molar-refractivity contribution is -0.120. The molecule has 1 aliphatic heterocycles. The van der Waals surface area contributed by atoms with Gasteiger partial charge in [-0.2, -0.15) is 0 Å². The van der Waals surface area contributed by atoms with Gasteiger partial charge >= 0.3 is 0 Å². The van der Waals surface area contributed by atoms with E-state index >= 15 is 0 Å². The van der Waals surface area contributed by atoms with Gasteiger partial charge in [-0.1, -0.05) is 35.9 Å². The largest absolute Gasteiger partial charge is 0.496 e. The van der Waals surface area contributed by atoms with Crippen LogP contribution in [0.5, 0.6) is 11.5 Å². The van der Waals surface area contributed by atoms with Gasteiger partial charge < -0.3 is 14.8 Å². The molecule has 0 radical (unpaired) electrons. The first-order valence-corrected chi connectivity index (χ1v) is 10.8. The lowest BCUT2D eigenvalue weighted by atomic mass is 10.0. The molecule has 2 amide bonds. The van der Waals surface area contributed by atoms with Crippen molar-refractivity contribution in [1.82, 2.24) is 0 Å². The highest BCUT2D eigenvalue weighted by Gasteiger charge is 2.41. The third kappa shape index (κ3) is 4.20. The summed E-state index contributed by atoms with van der Waals surface area (Å²) in [5.41, 5.74) is 4.36. The summed E-state index contributed by atoms with van der Waals surface area (Å²) in [7, 11) is 1.54. The van der Waals surface area contributed by atoms with Crippen LogP contribution in [-0.4, -0.2) is 25.5 Å². The molecule has 6 heteroatoms. The van der Waals surface area contributed by atoms with Gasteiger partial charge in [-0.3, -0.25) is 9.59 Å². The number of amides is 2. The molecule has 3 aromatic rings. The summed E-state index contributed by atoms with van der Waals surface area (Å²) >= 11 is 0. The smallest absolute Gasteiger partial charge is 0.282 e. The fourth-order valence-electron chi connectivity index (χ4n) is 3.93. The van der Waals surface area contributed by atoms with Gasteiger partial charge in [-0.05, 0) is 62.7 Å². The lowest BCUT2D eigenvalue weighted by Gasteiger charge is -2.16. The number of rotatable bonds is 7. The van der Waals surface area contributed by atoms with Crippen LogP contribution in [0.25, 0.3) is 5.57 Å². The highest BCUT2D eigenvalue weighted by molar-refractivity contribution is 6.46. The van der Waals surface area contributed by atoms with Gasteiger partial charge in [-0.15, -0.1) is 0 Å². The zero-order chi connectivity index (χ0) is 23.5. The monoisotopic (exact) mass is 442 g/mol. The minimum atomic E-state index is -0.426. The minimum Gasteiger partial charge on any atom is -0.496 e. The number of para-hydroxylation sites is 1. The quantitative estimate of drug-likeness (QED) is 0.515. The Bertz CT molecular complexity index is 1250. The van der Waals surface area contributed by atoms with E-state index in [1.54, 1.807) is 43.5 Å². The van der Waals surface area contributed by atoms with Crippen LogP contribution in [0, 0.1) is 13.8 Å². The van der Waals surface area contributed by atoms with E-state index in [0.29, 0.717) is 29.4 Å². The van der Waals surface area contributed by atoms with Crippen LogP contribution in [0.15, 0.2) is 72.4 Å². The molecule has 0 spiro atoms. The van der Waals surface area contributed by atoms with Crippen molar-refractivity contribution in [2.75, 3.05) is 23.9 Å². The molecule has 168 valence electrons. The molecule has 0 saturated carbocycles. The maximum Gasteiger partial charge on any atom is 0.282 e. The molecule has 4 rings (SSSR count). The number of benzene rings is 3. The van der Waals surface area contributed by atoms with Crippen molar-refractivity contribution in [1.29, 1.82) is 0 Å². The van der Waals surface area contributed by atoms with E-state index in [1.807, 2.05) is 51.1 Å². The molecule has 0 bridgehead atoms. The Morgan fingerprint density at radius 3 is 2.30 bits per heavy atom. The summed E-state index contributed by atoms with van der Waals surface area (Å²) in [6.07, 6.45) is 0. The van der Waals surface area contributed by atoms with Crippen LogP contribution in [-0.2, 0) is 9.59 Å². The highest BCUT2D eigenvalue weighted by Crippen LogP contribution is 2.38. The van der Waals surface area contributed by atoms with Crippen LogP contribution in [0.2, 0.25) is 0 Å². The molecule has 1 aliphatic rings. The van der Waals surface area contributed by atoms with Crippen LogP contribution < -0.4 is 19.7 Å². The summed E-state index contributed by atoms with van der Waals surface area (Å²) < 4.78 is 11.0. The van der Waals surface area contributed by atoms with Gasteiger partial charge in [0, 0.05) is 11.3 Å². The van der Waals surface area contributed by atoms with Crippen LogP contribution >= 0.6 is 0 Å². The number of aryl methyl sites for hydroxylation is 2. The molecule has 0 unspecified atom stereocenters. The second kappa shape index (κ2) is 9.20. The number of nitrogens with zero attached hydrogens (tertiary/aromatic N) is 1. The fraction of sp³-hybridized carbons (Fsp3) is 0.185. The van der Waals surface area contributed by atoms with Gasteiger partial charge in [0.1, 0.15) is 17.2 Å². The Kier molecular flexibility index (Phi) is 6.18. The van der Waals surface area contributed by atoms with E-state index in [0.717, 1.165) is 16.8 Å². The van der Waals surface area contributed by atoms with E-state index in [2.05, 4.69) is 5.32 Å². The van der Waals surface area contributed by atoms with Crippen molar-refractivity contribution in [2.45, 2.75) is 20.8 Å². The van der Waals surface area contributed by atoms with Crippen LogP contribution in [0.4, 0.5) is 11.4 Å². The topological polar surface area (TPSA) is 67.9 Å². The third-order valence-electron chi connectivity index (χ3n) is 5.51. The molecule has 0 atom stereocenters. The maximum atomic E-state index is 13.7. The maximum absolute atomic E-state index is 13.7. The van der Waals surface area contributed by atoms with Gasteiger partial charge in [0.2, 0.25) is 0 Å². The van der Waals surface area contributed by atoms with Crippen LogP contribution in [0.1, 0.15) is 23.6 Å². The van der Waals surface area contributed by atoms with E-state index in [1.165, 1.54) is 4.90 Å². The van der Waals surface area contributed by atoms with Gasteiger partial charge in [0.05, 0.1) is 25.0 Å². The molecule has 0 aromatic heterocycles. The number of hydrogen-bond acceptors (Lipinski definition) is 5. The average molecular weight is 443 g/mol. The Balaban J connectivity index is 1.82. The van der Waals surface area contributed by atoms with Crippen LogP contribution in [0.3, 0.4) is 0 Å². The van der Waals surface area contributed by atoms with E-state index in [-0.39, 0.29) is 11.3 Å². The van der Waals surface area contributed by atoms with Gasteiger partial charge in [0.15, 0.2) is 0 Å². The molecule has 3 aromatic carbocycles. The molecule has 0 saturated heterocycles. The summed E-state index contributed by atoms with van der Waals surface area (Å²) in [6, 6.07) is 20.0. The summed E-state index contributed by atoms with van der Waals surface area (Å²) in [6.45, 7) is 6.40. The van der Waals surface area contributed by atoms with Crippen molar-refractivity contribution in [2.24, 2.45) is 0 Å². The standard InChI is InChI=1S/C27H26N2O4/c1-5-33-20-13-11-19(12-14-20)29-26(30)24(21-8-6-7-9-23(21)32-4)25(27(29)31)28-22-15-10-17(2)16-18(22)3/h6-16,28H,5H2,1-4H3. The van der Waals surface area contributed by atoms with Crippen molar-refractivity contribution in [3.8, 4) is 11.5 Å². The number of methoxy groups -OCH3 is 1. The Morgan fingerprint density at radius 1 is 0.909 bits per heavy atom. The number of ether oxygens (including phenoxy) is 2. The van der Waals surface area contributed by atoms with Crippen molar-refractivity contribution in [3.05, 3.63) is 89.1 Å². The number of imide groups is 1. The predicted octanol–water partition coefficient (Wildman–Crippen LogP) is 5.11. The van der Waals surface area contributed by atoms with Gasteiger partial charge in [-0.25, -0.2) is 4.90 Å². The molecule has 1 heterocycles. The molecule has 33 heavy (non-hydrogen) atoms. The SMILES string of the molecule is CCOc1ccc(N2C(=O)C(Nc3ccc(C)cc3C)=C(c3ccccc3OC)C2=O)cc1. The van der Waals surface area contributed by atoms with Gasteiger partial charge in [0.25, 0.3) is 11.8 Å². The molecule has 0 aliphatic carbocycles. The van der Waals surface area contributed by atoms with E-state index in [4.69, 9.17) is 9.47 Å². The number of anilines is 2. The van der Waals surface area contributed by atoms with Crippen molar-refractivity contribution < 1.29 is 19.1 Å². The second-order valence-corrected chi connectivity index (χ2v) is 7.77. The molecule has 0 fully saturated rings. The Labute approximate surface area is 193 Å². The Hall–Kier alpha value is -4.06. The minimum absolute atomic E-state index is 0.213. The first-order chi connectivity index (χ1) is 15.9. The summed E-state index contributed by atoms with van der Waals surface area (Å²) in [5, 5.41) is 3.24. The first-order valence-electron chi connectivity index (χ1n) is 10.8. The molecule has 1 N–H and O–H groups in total. The first kappa shape index (κ1) is 22.1. The summed E-state index contributed by atoms with van der Waals surface area (Å²) in [4.78, 5) is 28.4. The van der Waals surface area contributed by atoms with E-state index < -0.39 is 11.8 Å². The molecule has 6 nitrogen and oxygen atoms in total. The predicted molar refractivity (Wildman–Crippen MR) is 130 cm³/mol.